The van der Waals surface area contributed by atoms with Crippen LogP contribution in [0.25, 0.3) is 0 Å². The smallest absolute Gasteiger partial charge is 0.428 e. The number of aliphatic hydroxyl groups is 1. The normalized spacial score (nSPS) is 13.6. The van der Waals surface area contributed by atoms with E-state index in [9.17, 15) is 45.0 Å². The van der Waals surface area contributed by atoms with E-state index < -0.39 is 48.4 Å². The molecule has 5 nitrogen and oxygen atoms in total. The molecule has 3 aromatic rings. The molecule has 0 heterocycles. The zero-order chi connectivity index (χ0) is 28.8. The lowest BCUT2D eigenvalue weighted by atomic mass is 9.77. The van der Waals surface area contributed by atoms with Crippen LogP contribution in [0, 0.1) is 5.82 Å². The molecular weight excluding hydrogens is 540 g/mol. The highest BCUT2D eigenvalue weighted by atomic mass is 19.4. The van der Waals surface area contributed by atoms with Crippen LogP contribution in [-0.2, 0) is 18.6 Å². The van der Waals surface area contributed by atoms with Gasteiger partial charge in [-0.15, -0.1) is 0 Å². The third-order valence-electron chi connectivity index (χ3n) is 5.59. The van der Waals surface area contributed by atoms with Gasteiger partial charge in [-0.25, -0.2) is 9.18 Å². The second-order valence-electron chi connectivity index (χ2n) is 8.49. The first-order valence-electron chi connectivity index (χ1n) is 11.3. The van der Waals surface area contributed by atoms with Crippen molar-refractivity contribution in [3.8, 4) is 5.75 Å². The summed E-state index contributed by atoms with van der Waals surface area (Å²) in [5.41, 5.74) is -1.21. The van der Waals surface area contributed by atoms with E-state index in [0.29, 0.717) is 17.2 Å². The van der Waals surface area contributed by atoms with Crippen LogP contribution in [-0.4, -0.2) is 36.4 Å². The molecule has 0 saturated carbocycles. The molecule has 210 valence electrons. The van der Waals surface area contributed by atoms with E-state index in [1.165, 1.54) is 24.3 Å². The monoisotopic (exact) mass is 562 g/mol. The average molecular weight is 562 g/mol. The Bertz CT molecular complexity index is 1250. The molecule has 0 aromatic heterocycles. The number of carbonyl (C=O) groups is 1. The van der Waals surface area contributed by atoms with Crippen LogP contribution in [0.4, 0.5) is 39.9 Å². The topological polar surface area (TPSA) is 70.6 Å². The van der Waals surface area contributed by atoms with Gasteiger partial charge in [0.25, 0.3) is 0 Å². The summed E-state index contributed by atoms with van der Waals surface area (Å²) in [6, 6.07) is 14.3. The Labute approximate surface area is 217 Å². The Balaban J connectivity index is 2.23. The van der Waals surface area contributed by atoms with Crippen molar-refractivity contribution in [3.05, 3.63) is 101 Å². The number of hydrogen-bond acceptors (Lipinski definition) is 3. The molecule has 1 unspecified atom stereocenters. The number of ether oxygens (including phenoxy) is 1. The lowest BCUT2D eigenvalue weighted by Gasteiger charge is -2.37. The lowest BCUT2D eigenvalue weighted by molar-refractivity contribution is -0.253. The first kappa shape index (κ1) is 29.7. The SMILES string of the molecule is O=C(NCC(F)(F)F)NC(Cc1ccccc1)(c1ccc(CO)cc1)c1cc(F)cc(OC(F)(F)C(F)F)c1. The summed E-state index contributed by atoms with van der Waals surface area (Å²) < 4.78 is 110. The summed E-state index contributed by atoms with van der Waals surface area (Å²) in [5.74, 6) is -2.23. The van der Waals surface area contributed by atoms with E-state index in [0.717, 1.165) is 12.1 Å². The maximum atomic E-state index is 14.7. The molecule has 3 N–H and O–H groups in total. The van der Waals surface area contributed by atoms with Crippen molar-refractivity contribution >= 4 is 6.03 Å². The van der Waals surface area contributed by atoms with Crippen molar-refractivity contribution in [2.45, 2.75) is 37.3 Å². The highest BCUT2D eigenvalue weighted by molar-refractivity contribution is 5.76. The molecule has 0 aliphatic heterocycles. The van der Waals surface area contributed by atoms with Crippen molar-refractivity contribution in [1.29, 1.82) is 0 Å². The van der Waals surface area contributed by atoms with Crippen LogP contribution in [0.3, 0.4) is 0 Å². The Morgan fingerprint density at radius 1 is 0.872 bits per heavy atom. The molecule has 0 aliphatic rings. The van der Waals surface area contributed by atoms with Crippen molar-refractivity contribution in [2.75, 3.05) is 6.54 Å². The van der Waals surface area contributed by atoms with Crippen molar-refractivity contribution < 1.29 is 49.8 Å². The minimum Gasteiger partial charge on any atom is -0.428 e. The number of aliphatic hydroxyl groups excluding tert-OH is 1. The largest absolute Gasteiger partial charge is 0.461 e. The summed E-state index contributed by atoms with van der Waals surface area (Å²) in [6.07, 6.45) is -14.3. The van der Waals surface area contributed by atoms with E-state index in [4.69, 9.17) is 0 Å². The van der Waals surface area contributed by atoms with E-state index in [1.54, 1.807) is 35.6 Å². The Kier molecular flexibility index (Phi) is 9.05. The van der Waals surface area contributed by atoms with Crippen LogP contribution in [0.15, 0.2) is 72.8 Å². The second kappa shape index (κ2) is 11.9. The van der Waals surface area contributed by atoms with E-state index >= 15 is 0 Å². The molecule has 0 radical (unpaired) electrons. The number of benzene rings is 3. The molecule has 0 saturated heterocycles. The predicted octanol–water partition coefficient (Wildman–Crippen LogP) is 5.90. The van der Waals surface area contributed by atoms with Crippen molar-refractivity contribution in [3.63, 3.8) is 0 Å². The summed E-state index contributed by atoms with van der Waals surface area (Å²) in [5, 5.41) is 13.5. The summed E-state index contributed by atoms with van der Waals surface area (Å²) in [6.45, 7) is -2.10. The molecule has 3 aromatic carbocycles. The number of halogens is 8. The van der Waals surface area contributed by atoms with Gasteiger partial charge in [0.1, 0.15) is 18.1 Å². The molecular formula is C26H22F8N2O3. The third kappa shape index (κ3) is 7.82. The Morgan fingerprint density at radius 3 is 2.08 bits per heavy atom. The number of carbonyl (C=O) groups excluding carboxylic acids is 1. The fourth-order valence-electron chi connectivity index (χ4n) is 3.84. The van der Waals surface area contributed by atoms with Gasteiger partial charge < -0.3 is 20.5 Å². The minimum atomic E-state index is -4.99. The van der Waals surface area contributed by atoms with Gasteiger partial charge in [-0.1, -0.05) is 54.6 Å². The fraction of sp³-hybridized carbons (Fsp3) is 0.269. The van der Waals surface area contributed by atoms with Gasteiger partial charge in [-0.3, -0.25) is 0 Å². The summed E-state index contributed by atoms with van der Waals surface area (Å²) in [7, 11) is 0. The fourth-order valence-corrected chi connectivity index (χ4v) is 3.84. The van der Waals surface area contributed by atoms with Gasteiger partial charge >= 0.3 is 24.7 Å². The standard InChI is InChI=1S/C26H22F8N2O3/c27-20-10-19(11-21(12-20)39-26(33,34)22(28)29)24(13-16-4-2-1-3-5-16,18-8-6-17(14-37)7-9-18)36-23(38)35-15-25(30,31)32/h1-12,22,37H,13-15H2,(H2,35,36,38). The van der Waals surface area contributed by atoms with E-state index in [2.05, 4.69) is 10.1 Å². The number of rotatable bonds is 10. The lowest BCUT2D eigenvalue weighted by Crippen LogP contribution is -2.53. The highest BCUT2D eigenvalue weighted by Gasteiger charge is 2.45. The maximum Gasteiger partial charge on any atom is 0.461 e. The average Bonchev–Trinajstić information content (AvgIpc) is 2.86. The molecule has 3 rings (SSSR count). The van der Waals surface area contributed by atoms with Crippen LogP contribution < -0.4 is 15.4 Å². The molecule has 0 bridgehead atoms. The molecule has 13 heteroatoms. The third-order valence-corrected chi connectivity index (χ3v) is 5.59. The number of nitrogens with one attached hydrogen (secondary N) is 2. The van der Waals surface area contributed by atoms with E-state index in [1.807, 2.05) is 0 Å². The molecule has 1 atom stereocenters. The number of hydrogen-bond donors (Lipinski definition) is 3. The van der Waals surface area contributed by atoms with Gasteiger partial charge in [0, 0.05) is 12.5 Å². The van der Waals surface area contributed by atoms with Gasteiger partial charge in [0.15, 0.2) is 0 Å². The van der Waals surface area contributed by atoms with Crippen molar-refractivity contribution in [1.82, 2.24) is 10.6 Å². The Morgan fingerprint density at radius 2 is 1.51 bits per heavy atom. The number of amides is 2. The maximum absolute atomic E-state index is 14.7. The van der Waals surface area contributed by atoms with Crippen LogP contribution in [0.5, 0.6) is 5.75 Å². The molecule has 0 spiro atoms. The first-order chi connectivity index (χ1) is 18.2. The quantitative estimate of drug-likeness (QED) is 0.270. The predicted molar refractivity (Wildman–Crippen MR) is 124 cm³/mol. The molecule has 0 fully saturated rings. The van der Waals surface area contributed by atoms with E-state index in [-0.39, 0.29) is 24.2 Å². The zero-order valence-corrected chi connectivity index (χ0v) is 19.9. The van der Waals surface area contributed by atoms with Gasteiger partial charge in [0.05, 0.1) is 12.1 Å². The second-order valence-corrected chi connectivity index (χ2v) is 8.49. The zero-order valence-electron chi connectivity index (χ0n) is 19.9. The van der Waals surface area contributed by atoms with Crippen LogP contribution in [0.2, 0.25) is 0 Å². The van der Waals surface area contributed by atoms with Gasteiger partial charge in [-0.2, -0.15) is 30.7 Å². The number of urea groups is 1. The van der Waals surface area contributed by atoms with Crippen LogP contribution in [0.1, 0.15) is 22.3 Å². The molecule has 0 aliphatic carbocycles. The summed E-state index contributed by atoms with van der Waals surface area (Å²) in [4.78, 5) is 12.7. The summed E-state index contributed by atoms with van der Waals surface area (Å²) >= 11 is 0. The Hall–Kier alpha value is -3.87. The molecule has 2 amide bonds. The molecule has 39 heavy (non-hydrogen) atoms. The van der Waals surface area contributed by atoms with Gasteiger partial charge in [-0.05, 0) is 34.4 Å². The van der Waals surface area contributed by atoms with Crippen molar-refractivity contribution in [2.24, 2.45) is 0 Å². The minimum absolute atomic E-state index is 0.142. The highest BCUT2D eigenvalue weighted by Crippen LogP contribution is 2.38. The first-order valence-corrected chi connectivity index (χ1v) is 11.3. The van der Waals surface area contributed by atoms with Gasteiger partial charge in [0.2, 0.25) is 0 Å². The number of alkyl halides is 7. The van der Waals surface area contributed by atoms with Crippen LogP contribution >= 0.6 is 0 Å².